The molecule has 9 atom stereocenters. The minimum absolute atomic E-state index is 0.0459. The summed E-state index contributed by atoms with van der Waals surface area (Å²) in [5.74, 6) is 5.08. The smallest absolute Gasteiger partial charge is 0.220 e. The number of aliphatic hydroxyl groups is 1. The Labute approximate surface area is 203 Å². The highest BCUT2D eigenvalue weighted by Crippen LogP contribution is 2.68. The minimum atomic E-state index is -0.0459. The Morgan fingerprint density at radius 1 is 1.03 bits per heavy atom. The molecule has 4 heteroatoms. The van der Waals surface area contributed by atoms with Crippen LogP contribution in [0.5, 0.6) is 0 Å². The zero-order chi connectivity index (χ0) is 23.8. The maximum atomic E-state index is 12.4. The van der Waals surface area contributed by atoms with E-state index in [-0.39, 0.29) is 12.0 Å². The standard InChI is InChI=1S/C29H52N2O2/c1-20(7-12-27(33)30-17-6-18-31(4)5)24-10-11-25-23-9-8-21-19-22(32)13-15-28(21,2)26(23)14-16-29(24,25)3/h20-26,32H,6-19H2,1-5H3,(H,30,33)/t20-,21?,22-,23?,24-,25?,26?,28+,29-/m1/s1. The molecule has 33 heavy (non-hydrogen) atoms. The van der Waals surface area contributed by atoms with Gasteiger partial charge < -0.3 is 15.3 Å². The topological polar surface area (TPSA) is 52.6 Å². The molecule has 0 aliphatic heterocycles. The van der Waals surface area contributed by atoms with Crippen LogP contribution in [0.15, 0.2) is 0 Å². The highest BCUT2D eigenvalue weighted by atomic mass is 16.3. The molecule has 4 rings (SSSR count). The van der Waals surface area contributed by atoms with E-state index in [0.717, 1.165) is 68.4 Å². The number of rotatable bonds is 8. The van der Waals surface area contributed by atoms with Crippen molar-refractivity contribution in [1.29, 1.82) is 0 Å². The Morgan fingerprint density at radius 2 is 1.76 bits per heavy atom. The van der Waals surface area contributed by atoms with Gasteiger partial charge in [0, 0.05) is 13.0 Å². The fourth-order valence-electron chi connectivity index (χ4n) is 9.48. The maximum absolute atomic E-state index is 12.4. The summed E-state index contributed by atoms with van der Waals surface area (Å²) in [6.45, 7) is 9.48. The molecule has 4 aliphatic rings. The van der Waals surface area contributed by atoms with Crippen molar-refractivity contribution in [1.82, 2.24) is 10.2 Å². The molecular weight excluding hydrogens is 408 g/mol. The van der Waals surface area contributed by atoms with Gasteiger partial charge in [-0.25, -0.2) is 0 Å². The Hall–Kier alpha value is -0.610. The Bertz CT molecular complexity index is 681. The van der Waals surface area contributed by atoms with Crippen molar-refractivity contribution in [2.75, 3.05) is 27.2 Å². The molecule has 0 aromatic heterocycles. The van der Waals surface area contributed by atoms with Crippen LogP contribution in [0.1, 0.15) is 97.8 Å². The molecule has 1 amide bonds. The average Bonchev–Trinajstić information content (AvgIpc) is 3.12. The second-order valence-electron chi connectivity index (χ2n) is 13.3. The van der Waals surface area contributed by atoms with Crippen LogP contribution in [0.4, 0.5) is 0 Å². The Balaban J connectivity index is 1.32. The number of nitrogens with zero attached hydrogens (tertiary/aromatic N) is 1. The van der Waals surface area contributed by atoms with Crippen molar-refractivity contribution in [2.24, 2.45) is 46.3 Å². The molecule has 4 saturated carbocycles. The molecule has 0 aromatic rings. The SMILES string of the molecule is C[C@H](CCC(=O)NCCCN(C)C)[C@H]1CCC2C3CCC4C[C@H](O)CC[C@]4(C)C3CC[C@@]21C. The van der Waals surface area contributed by atoms with Crippen LogP contribution in [-0.4, -0.2) is 49.2 Å². The van der Waals surface area contributed by atoms with Crippen molar-refractivity contribution in [3.05, 3.63) is 0 Å². The van der Waals surface area contributed by atoms with Gasteiger partial charge in [-0.3, -0.25) is 4.79 Å². The lowest BCUT2D eigenvalue weighted by Crippen LogP contribution is -2.54. The first-order valence-corrected chi connectivity index (χ1v) is 14.2. The van der Waals surface area contributed by atoms with Gasteiger partial charge in [0.1, 0.15) is 0 Å². The molecule has 0 radical (unpaired) electrons. The Kier molecular flexibility index (Phi) is 7.85. The molecule has 4 aliphatic carbocycles. The van der Waals surface area contributed by atoms with Crippen LogP contribution in [0.25, 0.3) is 0 Å². The van der Waals surface area contributed by atoms with Gasteiger partial charge in [-0.05, 0) is 138 Å². The van der Waals surface area contributed by atoms with Gasteiger partial charge in [-0.15, -0.1) is 0 Å². The van der Waals surface area contributed by atoms with E-state index in [1.165, 1.54) is 44.9 Å². The molecular formula is C29H52N2O2. The fraction of sp³-hybridized carbons (Fsp3) is 0.966. The normalized spacial score (nSPS) is 43.5. The first-order valence-electron chi connectivity index (χ1n) is 14.2. The molecule has 0 aromatic carbocycles. The number of hydrogen-bond donors (Lipinski definition) is 2. The second kappa shape index (κ2) is 10.2. The van der Waals surface area contributed by atoms with Crippen molar-refractivity contribution < 1.29 is 9.90 Å². The number of amides is 1. The molecule has 4 fully saturated rings. The number of hydrogen-bond acceptors (Lipinski definition) is 3. The predicted octanol–water partition coefficient (Wildman–Crippen LogP) is 5.49. The molecule has 4 unspecified atom stereocenters. The van der Waals surface area contributed by atoms with E-state index in [1.54, 1.807) is 0 Å². The summed E-state index contributed by atoms with van der Waals surface area (Å²) in [7, 11) is 4.16. The number of carbonyl (C=O) groups excluding carboxylic acids is 1. The third-order valence-corrected chi connectivity index (χ3v) is 11.3. The van der Waals surface area contributed by atoms with Crippen LogP contribution >= 0.6 is 0 Å². The Morgan fingerprint density at radius 3 is 2.52 bits per heavy atom. The van der Waals surface area contributed by atoms with Gasteiger partial charge in [-0.1, -0.05) is 20.8 Å². The summed E-state index contributed by atoms with van der Waals surface area (Å²) in [5, 5.41) is 13.4. The van der Waals surface area contributed by atoms with E-state index in [0.29, 0.717) is 23.2 Å². The van der Waals surface area contributed by atoms with Crippen molar-refractivity contribution in [3.8, 4) is 0 Å². The lowest BCUT2D eigenvalue weighted by atomic mass is 9.44. The quantitative estimate of drug-likeness (QED) is 0.471. The van der Waals surface area contributed by atoms with E-state index in [2.05, 4.69) is 45.1 Å². The zero-order valence-electron chi connectivity index (χ0n) is 22.2. The number of aliphatic hydroxyl groups excluding tert-OH is 1. The molecule has 0 heterocycles. The highest BCUT2D eigenvalue weighted by Gasteiger charge is 2.60. The van der Waals surface area contributed by atoms with Gasteiger partial charge in [0.05, 0.1) is 6.10 Å². The van der Waals surface area contributed by atoms with Crippen molar-refractivity contribution >= 4 is 5.91 Å². The summed E-state index contributed by atoms with van der Waals surface area (Å²) < 4.78 is 0. The van der Waals surface area contributed by atoms with E-state index in [9.17, 15) is 9.90 Å². The van der Waals surface area contributed by atoms with Gasteiger partial charge in [-0.2, -0.15) is 0 Å². The lowest BCUT2D eigenvalue weighted by Gasteiger charge is -2.61. The lowest BCUT2D eigenvalue weighted by molar-refractivity contribution is -0.129. The monoisotopic (exact) mass is 460 g/mol. The van der Waals surface area contributed by atoms with E-state index >= 15 is 0 Å². The number of fused-ring (bicyclic) bond motifs is 5. The third kappa shape index (κ3) is 5.03. The highest BCUT2D eigenvalue weighted by molar-refractivity contribution is 5.75. The summed E-state index contributed by atoms with van der Waals surface area (Å²) >= 11 is 0. The summed E-state index contributed by atoms with van der Waals surface area (Å²) in [4.78, 5) is 14.6. The average molecular weight is 461 g/mol. The molecule has 2 N–H and O–H groups in total. The first kappa shape index (κ1) is 25.5. The maximum Gasteiger partial charge on any atom is 0.220 e. The number of carbonyl (C=O) groups is 1. The molecule has 190 valence electrons. The van der Waals surface area contributed by atoms with Gasteiger partial charge in [0.25, 0.3) is 0 Å². The van der Waals surface area contributed by atoms with Gasteiger partial charge in [0.15, 0.2) is 0 Å². The van der Waals surface area contributed by atoms with E-state index in [4.69, 9.17) is 0 Å². The molecule has 0 spiro atoms. The van der Waals surface area contributed by atoms with Crippen LogP contribution in [-0.2, 0) is 4.79 Å². The van der Waals surface area contributed by atoms with Crippen LogP contribution < -0.4 is 5.32 Å². The van der Waals surface area contributed by atoms with Gasteiger partial charge in [0.2, 0.25) is 5.91 Å². The molecule has 4 nitrogen and oxygen atoms in total. The van der Waals surface area contributed by atoms with Crippen LogP contribution in [0, 0.1) is 46.3 Å². The van der Waals surface area contributed by atoms with Crippen LogP contribution in [0.2, 0.25) is 0 Å². The van der Waals surface area contributed by atoms with Gasteiger partial charge >= 0.3 is 0 Å². The minimum Gasteiger partial charge on any atom is -0.393 e. The summed E-state index contributed by atoms with van der Waals surface area (Å²) in [6, 6.07) is 0. The number of nitrogens with one attached hydrogen (secondary N) is 1. The van der Waals surface area contributed by atoms with Crippen molar-refractivity contribution in [2.45, 2.75) is 104 Å². The predicted molar refractivity (Wildman–Crippen MR) is 136 cm³/mol. The van der Waals surface area contributed by atoms with Crippen LogP contribution in [0.3, 0.4) is 0 Å². The summed E-state index contributed by atoms with van der Waals surface area (Å²) in [5.41, 5.74) is 0.942. The first-order chi connectivity index (χ1) is 15.6. The van der Waals surface area contributed by atoms with E-state index < -0.39 is 0 Å². The largest absolute Gasteiger partial charge is 0.393 e. The molecule has 0 saturated heterocycles. The second-order valence-corrected chi connectivity index (χ2v) is 13.3. The summed E-state index contributed by atoms with van der Waals surface area (Å²) in [6.07, 6.45) is 14.3. The van der Waals surface area contributed by atoms with E-state index in [1.807, 2.05) is 0 Å². The zero-order valence-corrected chi connectivity index (χ0v) is 22.2. The fourth-order valence-corrected chi connectivity index (χ4v) is 9.48. The third-order valence-electron chi connectivity index (χ3n) is 11.3. The van der Waals surface area contributed by atoms with Crippen molar-refractivity contribution in [3.63, 3.8) is 0 Å². The molecule has 0 bridgehead atoms.